The minimum absolute atomic E-state index is 0.146. The molecule has 1 saturated carbocycles. The molecule has 0 aromatic rings. The second-order valence-electron chi connectivity index (χ2n) is 5.10. The number of hydrogen-bond donors (Lipinski definition) is 1. The van der Waals surface area contributed by atoms with Crippen LogP contribution in [0.3, 0.4) is 0 Å². The first kappa shape index (κ1) is 15.5. The Labute approximate surface area is 109 Å². The van der Waals surface area contributed by atoms with Crippen LogP contribution in [0, 0.1) is 11.8 Å². The third kappa shape index (κ3) is 4.95. The minimum Gasteiger partial charge on any atom is -0.478 e. The maximum Gasteiger partial charge on any atom is 0.331 e. The van der Waals surface area contributed by atoms with E-state index in [2.05, 4.69) is 0 Å². The van der Waals surface area contributed by atoms with Crippen LogP contribution >= 0.6 is 7.80 Å². The Hall–Kier alpha value is -0.600. The SMILES string of the molecule is CCOC(C(C)C)[PH](=O)CC(=CC1CC1)C(=O)O. The van der Waals surface area contributed by atoms with Crippen LogP contribution in [0.15, 0.2) is 11.6 Å². The summed E-state index contributed by atoms with van der Waals surface area (Å²) in [5.41, 5.74) is 0.298. The predicted octanol–water partition coefficient (Wildman–Crippen LogP) is 2.99. The predicted molar refractivity (Wildman–Crippen MR) is 72.6 cm³/mol. The summed E-state index contributed by atoms with van der Waals surface area (Å²) < 4.78 is 17.7. The van der Waals surface area contributed by atoms with Crippen molar-refractivity contribution in [2.24, 2.45) is 11.8 Å². The molecule has 0 bridgehead atoms. The molecular formula is C13H23O4P. The number of allylic oxidation sites excluding steroid dienone is 1. The Morgan fingerprint density at radius 2 is 2.11 bits per heavy atom. The van der Waals surface area contributed by atoms with E-state index in [0.29, 0.717) is 18.1 Å². The Balaban J connectivity index is 2.67. The first-order valence-corrected chi connectivity index (χ1v) is 8.23. The van der Waals surface area contributed by atoms with Crippen LogP contribution in [0.4, 0.5) is 0 Å². The van der Waals surface area contributed by atoms with Gasteiger partial charge in [-0.05, 0) is 31.6 Å². The molecule has 5 heteroatoms. The topological polar surface area (TPSA) is 63.6 Å². The molecule has 1 rings (SSSR count). The smallest absolute Gasteiger partial charge is 0.331 e. The van der Waals surface area contributed by atoms with Crippen molar-refractivity contribution in [3.8, 4) is 0 Å². The molecule has 0 aromatic heterocycles. The number of hydrogen-bond acceptors (Lipinski definition) is 3. The molecule has 18 heavy (non-hydrogen) atoms. The fourth-order valence-electron chi connectivity index (χ4n) is 1.88. The van der Waals surface area contributed by atoms with Crippen LogP contribution in [-0.2, 0) is 14.1 Å². The number of rotatable bonds is 8. The Morgan fingerprint density at radius 1 is 1.50 bits per heavy atom. The van der Waals surface area contributed by atoms with Gasteiger partial charge in [-0.3, -0.25) is 0 Å². The molecule has 1 aliphatic rings. The first-order chi connectivity index (χ1) is 8.45. The highest BCUT2D eigenvalue weighted by atomic mass is 31.1. The van der Waals surface area contributed by atoms with E-state index in [-0.39, 0.29) is 17.9 Å². The average molecular weight is 274 g/mol. The summed E-state index contributed by atoms with van der Waals surface area (Å²) in [5.74, 6) is -0.732. The number of carboxylic acids is 1. The van der Waals surface area contributed by atoms with Crippen molar-refractivity contribution in [2.75, 3.05) is 12.8 Å². The van der Waals surface area contributed by atoms with Gasteiger partial charge < -0.3 is 14.4 Å². The summed E-state index contributed by atoms with van der Waals surface area (Å²) in [5, 5.41) is 9.12. The number of carbonyl (C=O) groups is 1. The van der Waals surface area contributed by atoms with Gasteiger partial charge in [0.2, 0.25) is 0 Å². The van der Waals surface area contributed by atoms with E-state index in [1.807, 2.05) is 20.8 Å². The molecule has 2 atom stereocenters. The molecule has 1 aliphatic carbocycles. The Kier molecular flexibility index (Phi) is 6.10. The maximum absolute atomic E-state index is 12.2. The molecule has 1 fully saturated rings. The molecule has 4 nitrogen and oxygen atoms in total. The zero-order valence-corrected chi connectivity index (χ0v) is 12.3. The van der Waals surface area contributed by atoms with E-state index in [0.717, 1.165) is 12.8 Å². The summed E-state index contributed by atoms with van der Waals surface area (Å²) in [6.45, 7) is 6.28. The lowest BCUT2D eigenvalue weighted by atomic mass is 10.2. The monoisotopic (exact) mass is 274 g/mol. The normalized spacial score (nSPS) is 19.9. The lowest BCUT2D eigenvalue weighted by Crippen LogP contribution is -2.18. The summed E-state index contributed by atoms with van der Waals surface area (Å²) in [7, 11) is -2.07. The minimum atomic E-state index is -2.07. The van der Waals surface area contributed by atoms with Crippen molar-refractivity contribution >= 4 is 13.8 Å². The standard InChI is InChI=1S/C13H23O4P/c1-4-17-13(9(2)3)18(16)8-11(12(14)15)7-10-5-6-10/h7,9-10,13,18H,4-6,8H2,1-3H3,(H,14,15). The van der Waals surface area contributed by atoms with Gasteiger partial charge >= 0.3 is 5.97 Å². The molecule has 2 unspecified atom stereocenters. The summed E-state index contributed by atoms with van der Waals surface area (Å²) >= 11 is 0. The average Bonchev–Trinajstić information content (AvgIpc) is 3.07. The first-order valence-electron chi connectivity index (χ1n) is 6.54. The third-order valence-electron chi connectivity index (χ3n) is 2.97. The van der Waals surface area contributed by atoms with Gasteiger partial charge in [-0.25, -0.2) is 4.79 Å². The quantitative estimate of drug-likeness (QED) is 0.546. The van der Waals surface area contributed by atoms with Crippen molar-refractivity contribution in [1.29, 1.82) is 0 Å². The van der Waals surface area contributed by atoms with Crippen molar-refractivity contribution in [2.45, 2.75) is 39.5 Å². The van der Waals surface area contributed by atoms with E-state index >= 15 is 0 Å². The second kappa shape index (κ2) is 7.10. The molecule has 0 saturated heterocycles. The van der Waals surface area contributed by atoms with Crippen molar-refractivity contribution < 1.29 is 19.2 Å². The van der Waals surface area contributed by atoms with Crippen LogP contribution in [0.25, 0.3) is 0 Å². The van der Waals surface area contributed by atoms with Gasteiger partial charge in [0.15, 0.2) is 0 Å². The van der Waals surface area contributed by atoms with Gasteiger partial charge in [0, 0.05) is 18.3 Å². The number of aliphatic carboxylic acids is 1. The second-order valence-corrected chi connectivity index (χ2v) is 6.95. The van der Waals surface area contributed by atoms with Gasteiger partial charge in [-0.2, -0.15) is 0 Å². The van der Waals surface area contributed by atoms with Crippen LogP contribution in [-0.4, -0.2) is 29.7 Å². The van der Waals surface area contributed by atoms with Crippen LogP contribution in [0.5, 0.6) is 0 Å². The van der Waals surface area contributed by atoms with Crippen LogP contribution < -0.4 is 0 Å². The summed E-state index contributed by atoms with van der Waals surface area (Å²) in [6.07, 6.45) is 4.03. The van der Waals surface area contributed by atoms with E-state index in [1.54, 1.807) is 6.08 Å². The fraction of sp³-hybridized carbons (Fsp3) is 0.769. The van der Waals surface area contributed by atoms with Gasteiger partial charge in [0.25, 0.3) is 0 Å². The van der Waals surface area contributed by atoms with Crippen LogP contribution in [0.2, 0.25) is 0 Å². The van der Waals surface area contributed by atoms with Crippen molar-refractivity contribution in [3.05, 3.63) is 11.6 Å². The molecule has 0 amide bonds. The number of carboxylic acid groups (broad SMARTS) is 1. The van der Waals surface area contributed by atoms with E-state index in [4.69, 9.17) is 9.84 Å². The van der Waals surface area contributed by atoms with E-state index in [9.17, 15) is 9.36 Å². The van der Waals surface area contributed by atoms with Crippen molar-refractivity contribution in [1.82, 2.24) is 0 Å². The lowest BCUT2D eigenvalue weighted by Gasteiger charge is -2.20. The van der Waals surface area contributed by atoms with Gasteiger partial charge in [0.05, 0.1) is 0 Å². The van der Waals surface area contributed by atoms with Crippen LogP contribution in [0.1, 0.15) is 33.6 Å². The van der Waals surface area contributed by atoms with Gasteiger partial charge in [-0.1, -0.05) is 19.9 Å². The third-order valence-corrected chi connectivity index (χ3v) is 5.16. The lowest BCUT2D eigenvalue weighted by molar-refractivity contribution is -0.132. The van der Waals surface area contributed by atoms with Gasteiger partial charge in [-0.15, -0.1) is 0 Å². The van der Waals surface area contributed by atoms with E-state index < -0.39 is 13.8 Å². The van der Waals surface area contributed by atoms with Crippen molar-refractivity contribution in [3.63, 3.8) is 0 Å². The summed E-state index contributed by atoms with van der Waals surface area (Å²) in [4.78, 5) is 11.1. The highest BCUT2D eigenvalue weighted by molar-refractivity contribution is 7.45. The van der Waals surface area contributed by atoms with E-state index in [1.165, 1.54) is 0 Å². The fourth-order valence-corrected chi connectivity index (χ4v) is 3.82. The molecule has 0 aliphatic heterocycles. The molecule has 104 valence electrons. The molecule has 1 N–H and O–H groups in total. The highest BCUT2D eigenvalue weighted by Gasteiger charge is 2.26. The number of ether oxygens (including phenoxy) is 1. The van der Waals surface area contributed by atoms with Gasteiger partial charge in [0.1, 0.15) is 13.6 Å². The molecule has 0 aromatic carbocycles. The zero-order chi connectivity index (χ0) is 13.7. The molecular weight excluding hydrogens is 251 g/mol. The molecule has 0 heterocycles. The summed E-state index contributed by atoms with van der Waals surface area (Å²) in [6, 6.07) is 0. The largest absolute Gasteiger partial charge is 0.478 e. The molecule has 0 spiro atoms. The zero-order valence-electron chi connectivity index (χ0n) is 11.3. The highest BCUT2D eigenvalue weighted by Crippen LogP contribution is 2.38. The maximum atomic E-state index is 12.2. The molecule has 0 radical (unpaired) electrons. The Morgan fingerprint density at radius 3 is 2.50 bits per heavy atom. The Bertz CT molecular complexity index is 345.